The van der Waals surface area contributed by atoms with Gasteiger partial charge in [-0.05, 0) is 19.1 Å². The van der Waals surface area contributed by atoms with Gasteiger partial charge in [0.25, 0.3) is 0 Å². The number of ether oxygens (including phenoxy) is 1. The molecule has 1 rings (SSSR count). The summed E-state index contributed by atoms with van der Waals surface area (Å²) in [7, 11) is 0. The molecular weight excluding hydrogens is 246 g/mol. The van der Waals surface area contributed by atoms with E-state index in [2.05, 4.69) is 4.74 Å². The van der Waals surface area contributed by atoms with E-state index in [4.69, 9.17) is 17.3 Å². The van der Waals surface area contributed by atoms with Crippen LogP contribution in [-0.2, 0) is 9.53 Å². The number of aromatic hydroxyl groups is 1. The number of anilines is 1. The molecule has 0 saturated carbocycles. The number of phenolic OH excluding ortho intramolecular Hbond substituents is 1. The lowest BCUT2D eigenvalue weighted by Crippen LogP contribution is -2.12. The van der Waals surface area contributed by atoms with Gasteiger partial charge >= 0.3 is 5.97 Å². The lowest BCUT2D eigenvalue weighted by atomic mass is 10.1. The number of halogens is 1. The van der Waals surface area contributed by atoms with Crippen LogP contribution in [0.2, 0.25) is 5.02 Å². The fourth-order valence-electron chi connectivity index (χ4n) is 1.27. The summed E-state index contributed by atoms with van der Waals surface area (Å²) in [6, 6.07) is 2.58. The first-order valence-electron chi connectivity index (χ1n) is 4.92. The van der Waals surface area contributed by atoms with Crippen molar-refractivity contribution < 1.29 is 19.4 Å². The number of Topliss-reactive ketones (excluding diaryl/α,β-unsaturated/α-hetero) is 1. The number of hydrogen-bond donors (Lipinski definition) is 2. The normalized spacial score (nSPS) is 10.0. The van der Waals surface area contributed by atoms with E-state index in [9.17, 15) is 14.7 Å². The third-order valence-electron chi connectivity index (χ3n) is 2.01. The number of nitrogen functional groups attached to an aromatic ring is 1. The molecule has 1 aromatic carbocycles. The van der Waals surface area contributed by atoms with Crippen molar-refractivity contribution in [3.05, 3.63) is 22.7 Å². The van der Waals surface area contributed by atoms with Gasteiger partial charge in [0, 0.05) is 5.02 Å². The highest BCUT2D eigenvalue weighted by Gasteiger charge is 2.18. The van der Waals surface area contributed by atoms with Crippen molar-refractivity contribution in [3.8, 4) is 5.75 Å². The van der Waals surface area contributed by atoms with E-state index in [1.165, 1.54) is 12.1 Å². The van der Waals surface area contributed by atoms with Gasteiger partial charge < -0.3 is 15.6 Å². The molecule has 0 aromatic heterocycles. The molecule has 0 radical (unpaired) electrons. The Kier molecular flexibility index (Phi) is 4.34. The van der Waals surface area contributed by atoms with Crippen LogP contribution in [0.1, 0.15) is 23.7 Å². The maximum Gasteiger partial charge on any atom is 0.313 e. The highest BCUT2D eigenvalue weighted by Crippen LogP contribution is 2.30. The van der Waals surface area contributed by atoms with Crippen LogP contribution in [0.15, 0.2) is 12.1 Å². The summed E-state index contributed by atoms with van der Waals surface area (Å²) >= 11 is 5.70. The van der Waals surface area contributed by atoms with Crippen LogP contribution in [0.25, 0.3) is 0 Å². The summed E-state index contributed by atoms with van der Waals surface area (Å²) in [4.78, 5) is 22.8. The Labute approximate surface area is 103 Å². The molecule has 17 heavy (non-hydrogen) atoms. The highest BCUT2D eigenvalue weighted by atomic mass is 35.5. The van der Waals surface area contributed by atoms with Gasteiger partial charge in [0.15, 0.2) is 5.78 Å². The lowest BCUT2D eigenvalue weighted by Gasteiger charge is -2.07. The Morgan fingerprint density at radius 3 is 2.71 bits per heavy atom. The predicted octanol–water partition coefficient (Wildman–Crippen LogP) is 1.76. The summed E-state index contributed by atoms with van der Waals surface area (Å²) in [6.07, 6.45) is -0.457. The lowest BCUT2D eigenvalue weighted by molar-refractivity contribution is -0.141. The number of benzene rings is 1. The van der Waals surface area contributed by atoms with Crippen LogP contribution in [0.5, 0.6) is 5.75 Å². The molecule has 0 aliphatic heterocycles. The first-order chi connectivity index (χ1) is 7.95. The molecule has 0 aliphatic rings. The number of carbonyl (C=O) groups excluding carboxylic acids is 2. The minimum absolute atomic E-state index is 0.00953. The second-order valence-corrected chi connectivity index (χ2v) is 3.73. The molecule has 0 heterocycles. The summed E-state index contributed by atoms with van der Waals surface area (Å²) in [5.41, 5.74) is 5.36. The van der Waals surface area contributed by atoms with E-state index < -0.39 is 18.2 Å². The number of esters is 1. The molecule has 0 bridgehead atoms. The predicted molar refractivity (Wildman–Crippen MR) is 63.1 cm³/mol. The van der Waals surface area contributed by atoms with Crippen molar-refractivity contribution in [1.82, 2.24) is 0 Å². The van der Waals surface area contributed by atoms with Crippen LogP contribution in [0, 0.1) is 0 Å². The molecule has 5 nitrogen and oxygen atoms in total. The zero-order chi connectivity index (χ0) is 13.0. The SMILES string of the molecule is CCOC(=O)CC(=O)c1cc(Cl)cc(N)c1O. The smallest absolute Gasteiger partial charge is 0.313 e. The molecule has 0 unspecified atom stereocenters. The van der Waals surface area contributed by atoms with E-state index in [-0.39, 0.29) is 28.6 Å². The fourth-order valence-corrected chi connectivity index (χ4v) is 1.50. The van der Waals surface area contributed by atoms with Crippen LogP contribution < -0.4 is 5.73 Å². The molecule has 3 N–H and O–H groups in total. The number of hydrogen-bond acceptors (Lipinski definition) is 5. The molecule has 1 aromatic rings. The third-order valence-corrected chi connectivity index (χ3v) is 2.23. The number of nitrogens with two attached hydrogens (primary N) is 1. The number of carbonyl (C=O) groups is 2. The molecule has 0 atom stereocenters. The van der Waals surface area contributed by atoms with Crippen molar-refractivity contribution in [3.63, 3.8) is 0 Å². The van der Waals surface area contributed by atoms with Gasteiger partial charge in [-0.3, -0.25) is 9.59 Å². The van der Waals surface area contributed by atoms with Crippen molar-refractivity contribution >= 4 is 29.0 Å². The van der Waals surface area contributed by atoms with E-state index in [0.717, 1.165) is 0 Å². The molecule has 92 valence electrons. The molecule has 0 saturated heterocycles. The monoisotopic (exact) mass is 257 g/mol. The standard InChI is InChI=1S/C11H12ClNO4/c1-2-17-10(15)5-9(14)7-3-6(12)4-8(13)11(7)16/h3-4,16H,2,5,13H2,1H3. The summed E-state index contributed by atoms with van der Waals surface area (Å²) in [6.45, 7) is 1.83. The van der Waals surface area contributed by atoms with E-state index in [1.807, 2.05) is 0 Å². The molecule has 0 fully saturated rings. The van der Waals surface area contributed by atoms with E-state index in [1.54, 1.807) is 6.92 Å². The Morgan fingerprint density at radius 1 is 1.47 bits per heavy atom. The van der Waals surface area contributed by atoms with Crippen molar-refractivity contribution in [1.29, 1.82) is 0 Å². The van der Waals surface area contributed by atoms with Gasteiger partial charge in [0.1, 0.15) is 12.2 Å². The molecular formula is C11H12ClNO4. The zero-order valence-electron chi connectivity index (χ0n) is 9.20. The maximum absolute atomic E-state index is 11.7. The first-order valence-corrected chi connectivity index (χ1v) is 5.30. The number of rotatable bonds is 4. The fraction of sp³-hybridized carbons (Fsp3) is 0.273. The maximum atomic E-state index is 11.7. The quantitative estimate of drug-likeness (QED) is 0.282. The van der Waals surface area contributed by atoms with Gasteiger partial charge in [-0.25, -0.2) is 0 Å². The summed E-state index contributed by atoms with van der Waals surface area (Å²) < 4.78 is 4.63. The second-order valence-electron chi connectivity index (χ2n) is 3.30. The molecule has 0 spiro atoms. The van der Waals surface area contributed by atoms with Crippen molar-refractivity contribution in [2.24, 2.45) is 0 Å². The van der Waals surface area contributed by atoms with Gasteiger partial charge in [0.2, 0.25) is 0 Å². The Hall–Kier alpha value is -1.75. The molecule has 0 aliphatic carbocycles. The van der Waals surface area contributed by atoms with Crippen LogP contribution in [0.3, 0.4) is 0 Å². The average Bonchev–Trinajstić information content (AvgIpc) is 2.23. The average molecular weight is 258 g/mol. The van der Waals surface area contributed by atoms with Gasteiger partial charge in [-0.1, -0.05) is 11.6 Å². The van der Waals surface area contributed by atoms with Gasteiger partial charge in [-0.15, -0.1) is 0 Å². The molecule has 0 amide bonds. The minimum Gasteiger partial charge on any atom is -0.505 e. The topological polar surface area (TPSA) is 89.6 Å². The largest absolute Gasteiger partial charge is 0.505 e. The zero-order valence-corrected chi connectivity index (χ0v) is 9.95. The Morgan fingerprint density at radius 2 is 2.12 bits per heavy atom. The van der Waals surface area contributed by atoms with Gasteiger partial charge in [-0.2, -0.15) is 0 Å². The van der Waals surface area contributed by atoms with Crippen LogP contribution >= 0.6 is 11.6 Å². The summed E-state index contributed by atoms with van der Waals surface area (Å²) in [5.74, 6) is -1.62. The highest BCUT2D eigenvalue weighted by molar-refractivity contribution is 6.31. The van der Waals surface area contributed by atoms with E-state index >= 15 is 0 Å². The molecule has 6 heteroatoms. The minimum atomic E-state index is -0.657. The van der Waals surface area contributed by atoms with E-state index in [0.29, 0.717) is 0 Å². The van der Waals surface area contributed by atoms with Crippen LogP contribution in [-0.4, -0.2) is 23.5 Å². The van der Waals surface area contributed by atoms with Crippen LogP contribution in [0.4, 0.5) is 5.69 Å². The number of phenols is 1. The van der Waals surface area contributed by atoms with Crippen molar-refractivity contribution in [2.45, 2.75) is 13.3 Å². The Balaban J connectivity index is 2.93. The van der Waals surface area contributed by atoms with Gasteiger partial charge in [0.05, 0.1) is 17.9 Å². The number of ketones is 1. The van der Waals surface area contributed by atoms with Crippen molar-refractivity contribution in [2.75, 3.05) is 12.3 Å². The third kappa shape index (κ3) is 3.35. The second kappa shape index (κ2) is 5.54. The first kappa shape index (κ1) is 13.3. The Bertz CT molecular complexity index is 459. The summed E-state index contributed by atoms with van der Waals surface area (Å²) in [5, 5.41) is 9.79.